The molecule has 0 aliphatic rings. The van der Waals surface area contributed by atoms with Crippen molar-refractivity contribution in [3.8, 4) is 0 Å². The third-order valence-electron chi connectivity index (χ3n) is 3.94. The summed E-state index contributed by atoms with van der Waals surface area (Å²) < 4.78 is 6.13. The van der Waals surface area contributed by atoms with Gasteiger partial charge in [-0.15, -0.1) is 0 Å². The highest BCUT2D eigenvalue weighted by molar-refractivity contribution is 5.25. The highest BCUT2D eigenvalue weighted by Gasteiger charge is 2.24. The zero-order valence-corrected chi connectivity index (χ0v) is 15.8. The molecule has 22 heavy (non-hydrogen) atoms. The van der Waals surface area contributed by atoms with Crippen LogP contribution in [0.25, 0.3) is 0 Å². The quantitative estimate of drug-likeness (QED) is 0.498. The second-order valence-electron chi connectivity index (χ2n) is 8.43. The van der Waals surface area contributed by atoms with Gasteiger partial charge in [0.2, 0.25) is 0 Å². The third-order valence-corrected chi connectivity index (χ3v) is 3.94. The molecule has 0 atom stereocenters. The van der Waals surface area contributed by atoms with Crippen LogP contribution < -0.4 is 0 Å². The van der Waals surface area contributed by atoms with Crippen LogP contribution >= 0.6 is 0 Å². The first-order valence-electron chi connectivity index (χ1n) is 8.88. The fraction of sp³-hybridized carbons (Fsp3) is 0.714. The molecule has 0 aliphatic heterocycles. The van der Waals surface area contributed by atoms with Gasteiger partial charge in [0.1, 0.15) is 0 Å². The van der Waals surface area contributed by atoms with Crippen LogP contribution in [-0.2, 0) is 11.2 Å². The van der Waals surface area contributed by atoms with Crippen molar-refractivity contribution in [1.29, 1.82) is 0 Å². The van der Waals surface area contributed by atoms with Crippen LogP contribution in [-0.4, -0.2) is 11.2 Å². The highest BCUT2D eigenvalue weighted by atomic mass is 16.5. The van der Waals surface area contributed by atoms with Crippen LogP contribution in [0.15, 0.2) is 24.3 Å². The number of hydrogen-bond acceptors (Lipinski definition) is 1. The summed E-state index contributed by atoms with van der Waals surface area (Å²) in [5.74, 6) is 0.621. The molecule has 0 radical (unpaired) electrons. The van der Waals surface area contributed by atoms with E-state index in [9.17, 15) is 0 Å². The first-order chi connectivity index (χ1) is 10.1. The molecule has 1 aromatic rings. The van der Waals surface area contributed by atoms with Crippen molar-refractivity contribution < 1.29 is 4.74 Å². The lowest BCUT2D eigenvalue weighted by atomic mass is 9.96. The van der Waals surface area contributed by atoms with Crippen molar-refractivity contribution in [3.05, 3.63) is 35.4 Å². The molecule has 1 aromatic carbocycles. The highest BCUT2D eigenvalue weighted by Crippen LogP contribution is 2.25. The van der Waals surface area contributed by atoms with E-state index in [1.165, 1.54) is 36.8 Å². The Balaban J connectivity index is 2.30. The van der Waals surface area contributed by atoms with E-state index in [1.54, 1.807) is 0 Å². The molecule has 0 saturated carbocycles. The summed E-state index contributed by atoms with van der Waals surface area (Å²) in [7, 11) is 0. The van der Waals surface area contributed by atoms with Gasteiger partial charge in [-0.05, 0) is 70.9 Å². The number of rotatable bonds is 8. The van der Waals surface area contributed by atoms with Crippen molar-refractivity contribution in [3.63, 3.8) is 0 Å². The summed E-state index contributed by atoms with van der Waals surface area (Å²) in [4.78, 5) is 0. The van der Waals surface area contributed by atoms with Gasteiger partial charge >= 0.3 is 0 Å². The number of aryl methyl sites for hydroxylation is 1. The molecule has 0 amide bonds. The molecule has 0 N–H and O–H groups in total. The van der Waals surface area contributed by atoms with Gasteiger partial charge in [-0.25, -0.2) is 0 Å². The Kier molecular flexibility index (Phi) is 7.12. The Bertz CT molecular complexity index is 437. The molecule has 1 rings (SSSR count). The molecular weight excluding hydrogens is 268 g/mol. The zero-order valence-electron chi connectivity index (χ0n) is 15.8. The Morgan fingerprint density at radius 2 is 1.64 bits per heavy atom. The lowest BCUT2D eigenvalue weighted by molar-refractivity contribution is -0.116. The van der Waals surface area contributed by atoms with Crippen LogP contribution in [0.5, 0.6) is 0 Å². The van der Waals surface area contributed by atoms with Crippen molar-refractivity contribution in [2.24, 2.45) is 0 Å². The lowest BCUT2D eigenvalue weighted by Gasteiger charge is -2.34. The van der Waals surface area contributed by atoms with Gasteiger partial charge in [0.25, 0.3) is 0 Å². The first-order valence-corrected chi connectivity index (χ1v) is 8.88. The van der Waals surface area contributed by atoms with Crippen molar-refractivity contribution in [2.45, 2.75) is 97.7 Å². The summed E-state index contributed by atoms with van der Waals surface area (Å²) in [6.45, 7) is 15.4. The van der Waals surface area contributed by atoms with Crippen LogP contribution in [0.2, 0.25) is 0 Å². The van der Waals surface area contributed by atoms with E-state index in [4.69, 9.17) is 4.74 Å². The minimum absolute atomic E-state index is 0.0180. The predicted molar refractivity (Wildman–Crippen MR) is 97.6 cm³/mol. The van der Waals surface area contributed by atoms with E-state index in [1.807, 2.05) is 0 Å². The molecule has 0 unspecified atom stereocenters. The molecule has 0 aliphatic carbocycles. The van der Waals surface area contributed by atoms with Crippen LogP contribution in [0, 0.1) is 0 Å². The zero-order chi connectivity index (χ0) is 16.8. The van der Waals surface area contributed by atoms with Crippen LogP contribution in [0.4, 0.5) is 0 Å². The fourth-order valence-electron chi connectivity index (χ4n) is 3.04. The second kappa shape index (κ2) is 8.15. The summed E-state index contributed by atoms with van der Waals surface area (Å²) >= 11 is 0. The van der Waals surface area contributed by atoms with Gasteiger partial charge in [0, 0.05) is 0 Å². The van der Waals surface area contributed by atoms with E-state index in [0.29, 0.717) is 5.92 Å². The van der Waals surface area contributed by atoms with Gasteiger partial charge in [0.05, 0.1) is 11.2 Å². The average Bonchev–Trinajstić information content (AvgIpc) is 2.35. The summed E-state index contributed by atoms with van der Waals surface area (Å²) in [5.41, 5.74) is 2.87. The normalized spacial score (nSPS) is 12.9. The van der Waals surface area contributed by atoms with Crippen LogP contribution in [0.3, 0.4) is 0 Å². The molecule has 126 valence electrons. The Hall–Kier alpha value is -0.820. The Morgan fingerprint density at radius 3 is 2.23 bits per heavy atom. The van der Waals surface area contributed by atoms with Gasteiger partial charge in [0.15, 0.2) is 0 Å². The second-order valence-corrected chi connectivity index (χ2v) is 8.43. The first kappa shape index (κ1) is 19.2. The number of ether oxygens (including phenoxy) is 1. The monoisotopic (exact) mass is 304 g/mol. The smallest absolute Gasteiger partial charge is 0.0633 e. The van der Waals surface area contributed by atoms with Gasteiger partial charge < -0.3 is 4.74 Å². The molecule has 0 saturated heterocycles. The topological polar surface area (TPSA) is 9.23 Å². The van der Waals surface area contributed by atoms with Gasteiger partial charge in [-0.1, -0.05) is 51.0 Å². The molecule has 0 bridgehead atoms. The summed E-state index contributed by atoms with van der Waals surface area (Å²) in [6, 6.07) is 9.07. The number of benzene rings is 1. The maximum Gasteiger partial charge on any atom is 0.0633 e. The molecule has 0 spiro atoms. The van der Waals surface area contributed by atoms with Gasteiger partial charge in [-0.2, -0.15) is 0 Å². The Morgan fingerprint density at radius 1 is 0.955 bits per heavy atom. The molecule has 0 heterocycles. The summed E-state index contributed by atoms with van der Waals surface area (Å²) in [5, 5.41) is 0. The van der Waals surface area contributed by atoms with E-state index in [0.717, 1.165) is 6.42 Å². The van der Waals surface area contributed by atoms with E-state index < -0.39 is 0 Å². The fourth-order valence-corrected chi connectivity index (χ4v) is 3.04. The largest absolute Gasteiger partial charge is 0.370 e. The minimum atomic E-state index is -0.0548. The molecule has 0 fully saturated rings. The minimum Gasteiger partial charge on any atom is -0.370 e. The SMILES string of the molecule is CC(C)c1cccc(CCCCCC(C)(C)OC(C)(C)C)c1. The van der Waals surface area contributed by atoms with E-state index in [-0.39, 0.29) is 11.2 Å². The van der Waals surface area contributed by atoms with Crippen molar-refractivity contribution in [2.75, 3.05) is 0 Å². The third kappa shape index (κ3) is 7.98. The molecule has 0 aromatic heterocycles. The maximum atomic E-state index is 6.13. The number of unbranched alkanes of at least 4 members (excludes halogenated alkanes) is 2. The number of hydrogen-bond donors (Lipinski definition) is 0. The van der Waals surface area contributed by atoms with E-state index >= 15 is 0 Å². The summed E-state index contributed by atoms with van der Waals surface area (Å²) in [6.07, 6.45) is 6.13. The predicted octanol–water partition coefficient (Wildman–Crippen LogP) is 6.51. The molecule has 1 nitrogen and oxygen atoms in total. The van der Waals surface area contributed by atoms with Crippen molar-refractivity contribution >= 4 is 0 Å². The Labute approximate surface area is 138 Å². The molecular formula is C21H36O. The van der Waals surface area contributed by atoms with Crippen molar-refractivity contribution in [1.82, 2.24) is 0 Å². The molecule has 1 heteroatoms. The van der Waals surface area contributed by atoms with Crippen LogP contribution in [0.1, 0.15) is 91.2 Å². The maximum absolute atomic E-state index is 6.13. The standard InChI is InChI=1S/C21H36O/c1-17(2)19-14-11-13-18(16-19)12-9-8-10-15-21(6,7)22-20(3,4)5/h11,13-14,16-17H,8-10,12,15H2,1-7H3. The lowest BCUT2D eigenvalue weighted by Crippen LogP contribution is -2.34. The average molecular weight is 305 g/mol. The van der Waals surface area contributed by atoms with Gasteiger partial charge in [-0.3, -0.25) is 0 Å². The van der Waals surface area contributed by atoms with E-state index in [2.05, 4.69) is 72.7 Å².